The third-order valence-corrected chi connectivity index (χ3v) is 4.21. The molecule has 2 heterocycles. The van der Waals surface area contributed by atoms with E-state index < -0.39 is 6.09 Å². The summed E-state index contributed by atoms with van der Waals surface area (Å²) in [4.78, 5) is 38.1. The molecule has 0 radical (unpaired) electrons. The van der Waals surface area contributed by atoms with Crippen molar-refractivity contribution >= 4 is 29.6 Å². The number of nitrogens with zero attached hydrogens (tertiary/aromatic N) is 2. The number of ether oxygens (including phenoxy) is 1. The van der Waals surface area contributed by atoms with Crippen molar-refractivity contribution in [2.24, 2.45) is 0 Å². The van der Waals surface area contributed by atoms with Gasteiger partial charge >= 0.3 is 12.1 Å². The molecule has 8 heteroatoms. The van der Waals surface area contributed by atoms with Crippen LogP contribution in [0.5, 0.6) is 0 Å². The first kappa shape index (κ1) is 15.6. The minimum atomic E-state index is -0.622. The molecule has 122 valence electrons. The van der Waals surface area contributed by atoms with Gasteiger partial charge in [-0.05, 0) is 24.1 Å². The summed E-state index contributed by atoms with van der Waals surface area (Å²) in [5.74, 6) is -0.344. The van der Waals surface area contributed by atoms with Crippen LogP contribution in [0.4, 0.5) is 9.59 Å². The molecule has 4 amide bonds. The highest BCUT2D eigenvalue weighted by atomic mass is 35.5. The van der Waals surface area contributed by atoms with Crippen LogP contribution in [-0.4, -0.2) is 53.6 Å². The van der Waals surface area contributed by atoms with Crippen molar-refractivity contribution in [1.82, 2.24) is 15.1 Å². The van der Waals surface area contributed by atoms with E-state index in [1.54, 1.807) is 17.0 Å². The molecule has 1 aromatic rings. The first-order valence-electron chi connectivity index (χ1n) is 7.30. The number of halogens is 1. The minimum Gasteiger partial charge on any atom is -0.439 e. The van der Waals surface area contributed by atoms with Crippen LogP contribution >= 0.6 is 11.6 Å². The first-order valence-corrected chi connectivity index (χ1v) is 7.68. The number of cyclic esters (lactones) is 1. The fourth-order valence-electron chi connectivity index (χ4n) is 2.75. The van der Waals surface area contributed by atoms with Gasteiger partial charge in [0.1, 0.15) is 0 Å². The predicted octanol–water partition coefficient (Wildman–Crippen LogP) is 1.60. The van der Waals surface area contributed by atoms with E-state index in [-0.39, 0.29) is 24.6 Å². The van der Waals surface area contributed by atoms with Gasteiger partial charge in [0.15, 0.2) is 6.61 Å². The molecule has 0 saturated carbocycles. The second-order valence-electron chi connectivity index (χ2n) is 5.49. The number of imide groups is 1. The van der Waals surface area contributed by atoms with Gasteiger partial charge in [0.25, 0.3) is 5.91 Å². The molecular weight excluding hydrogens is 322 g/mol. The number of urea groups is 1. The monoisotopic (exact) mass is 337 g/mol. The maximum Gasteiger partial charge on any atom is 0.417 e. The van der Waals surface area contributed by atoms with Crippen LogP contribution in [0, 0.1) is 0 Å². The first-order chi connectivity index (χ1) is 11.0. The zero-order chi connectivity index (χ0) is 16.4. The molecule has 0 aliphatic carbocycles. The summed E-state index contributed by atoms with van der Waals surface area (Å²) in [5.41, 5.74) is 0.941. The lowest BCUT2D eigenvalue weighted by atomic mass is 10.2. The van der Waals surface area contributed by atoms with Crippen molar-refractivity contribution in [2.75, 3.05) is 19.7 Å². The highest BCUT2D eigenvalue weighted by Crippen LogP contribution is 2.20. The van der Waals surface area contributed by atoms with Crippen molar-refractivity contribution in [1.29, 1.82) is 0 Å². The van der Waals surface area contributed by atoms with Gasteiger partial charge in [0, 0.05) is 24.7 Å². The topological polar surface area (TPSA) is 79.0 Å². The van der Waals surface area contributed by atoms with Crippen LogP contribution in [-0.2, 0) is 16.1 Å². The molecule has 2 saturated heterocycles. The molecule has 1 aromatic carbocycles. The van der Waals surface area contributed by atoms with Crippen molar-refractivity contribution in [3.63, 3.8) is 0 Å². The standard InChI is InChI=1S/C15H16ClN3O4/c16-11-3-1-10(2-4-11)7-17-14(21)18-6-5-12(8-18)19-13(20)9-23-15(19)22/h1-4,12H,5-9H2,(H,17,21). The minimum absolute atomic E-state index is 0.210. The van der Waals surface area contributed by atoms with Gasteiger partial charge < -0.3 is 15.0 Å². The molecular formula is C15H16ClN3O4. The number of hydrogen-bond donors (Lipinski definition) is 1. The Labute approximate surface area is 138 Å². The zero-order valence-corrected chi connectivity index (χ0v) is 13.1. The number of benzene rings is 1. The Kier molecular flexibility index (Phi) is 4.38. The summed E-state index contributed by atoms with van der Waals surface area (Å²) in [6.45, 7) is 1.00. The number of nitrogens with one attached hydrogen (secondary N) is 1. The van der Waals surface area contributed by atoms with Gasteiger partial charge in [-0.3, -0.25) is 4.79 Å². The molecule has 1 atom stereocenters. The van der Waals surface area contributed by atoms with Gasteiger partial charge in [-0.1, -0.05) is 23.7 Å². The number of rotatable bonds is 3. The second-order valence-corrected chi connectivity index (χ2v) is 5.93. The smallest absolute Gasteiger partial charge is 0.417 e. The molecule has 2 fully saturated rings. The second kappa shape index (κ2) is 6.45. The van der Waals surface area contributed by atoms with Crippen LogP contribution in [0.15, 0.2) is 24.3 Å². The Hall–Kier alpha value is -2.28. The Morgan fingerprint density at radius 2 is 2.04 bits per heavy atom. The van der Waals surface area contributed by atoms with E-state index in [2.05, 4.69) is 5.32 Å². The average Bonchev–Trinajstić information content (AvgIpc) is 3.13. The van der Waals surface area contributed by atoms with E-state index in [1.165, 1.54) is 0 Å². The lowest BCUT2D eigenvalue weighted by Crippen LogP contribution is -2.44. The summed E-state index contributed by atoms with van der Waals surface area (Å²) in [6, 6.07) is 6.68. The summed E-state index contributed by atoms with van der Waals surface area (Å²) in [5, 5.41) is 3.46. The van der Waals surface area contributed by atoms with Crippen molar-refractivity contribution in [3.05, 3.63) is 34.9 Å². The van der Waals surface area contributed by atoms with Crippen molar-refractivity contribution in [2.45, 2.75) is 19.0 Å². The van der Waals surface area contributed by atoms with Crippen LogP contribution in [0.3, 0.4) is 0 Å². The maximum absolute atomic E-state index is 12.2. The van der Waals surface area contributed by atoms with Gasteiger partial charge in [-0.25, -0.2) is 14.5 Å². The normalized spacial score (nSPS) is 20.8. The summed E-state index contributed by atoms with van der Waals surface area (Å²) in [7, 11) is 0. The summed E-state index contributed by atoms with van der Waals surface area (Å²) < 4.78 is 4.71. The third-order valence-electron chi connectivity index (χ3n) is 3.96. The lowest BCUT2D eigenvalue weighted by Gasteiger charge is -2.20. The lowest BCUT2D eigenvalue weighted by molar-refractivity contribution is -0.127. The third kappa shape index (κ3) is 3.39. The van der Waals surface area contributed by atoms with Gasteiger partial charge in [-0.2, -0.15) is 0 Å². The van der Waals surface area contributed by atoms with Gasteiger partial charge in [0.05, 0.1) is 6.04 Å². The number of carbonyl (C=O) groups excluding carboxylic acids is 3. The van der Waals surface area contributed by atoms with Crippen molar-refractivity contribution < 1.29 is 19.1 Å². The average molecular weight is 338 g/mol. The van der Waals surface area contributed by atoms with Crippen LogP contribution in [0.25, 0.3) is 0 Å². The molecule has 2 aliphatic heterocycles. The molecule has 0 bridgehead atoms. The molecule has 1 N–H and O–H groups in total. The number of likely N-dealkylation sites (tertiary alicyclic amines) is 1. The molecule has 7 nitrogen and oxygen atoms in total. The predicted molar refractivity (Wildman–Crippen MR) is 81.9 cm³/mol. The van der Waals surface area contributed by atoms with E-state index in [0.717, 1.165) is 10.5 Å². The van der Waals surface area contributed by atoms with Gasteiger partial charge in [0.2, 0.25) is 0 Å². The molecule has 23 heavy (non-hydrogen) atoms. The van der Waals surface area contributed by atoms with E-state index in [1.807, 2.05) is 12.1 Å². The fourth-order valence-corrected chi connectivity index (χ4v) is 2.87. The van der Waals surface area contributed by atoms with Crippen LogP contribution in [0.1, 0.15) is 12.0 Å². The highest BCUT2D eigenvalue weighted by Gasteiger charge is 2.41. The summed E-state index contributed by atoms with van der Waals surface area (Å²) >= 11 is 5.81. The number of carbonyl (C=O) groups is 3. The van der Waals surface area contributed by atoms with E-state index >= 15 is 0 Å². The highest BCUT2D eigenvalue weighted by molar-refractivity contribution is 6.30. The van der Waals surface area contributed by atoms with Crippen LogP contribution < -0.4 is 5.32 Å². The van der Waals surface area contributed by atoms with E-state index in [0.29, 0.717) is 31.1 Å². The SMILES string of the molecule is O=C(NCc1ccc(Cl)cc1)N1CCC(N2C(=O)COC2=O)C1. The van der Waals surface area contributed by atoms with Gasteiger partial charge in [-0.15, -0.1) is 0 Å². The number of hydrogen-bond acceptors (Lipinski definition) is 4. The Bertz CT molecular complexity index is 618. The quantitative estimate of drug-likeness (QED) is 0.908. The summed E-state index contributed by atoms with van der Waals surface area (Å²) in [6.07, 6.45) is -0.0571. The Balaban J connectivity index is 1.52. The molecule has 0 aromatic heterocycles. The fraction of sp³-hybridized carbons (Fsp3) is 0.400. The Morgan fingerprint density at radius 1 is 1.30 bits per heavy atom. The van der Waals surface area contributed by atoms with Crippen molar-refractivity contribution in [3.8, 4) is 0 Å². The molecule has 0 spiro atoms. The zero-order valence-electron chi connectivity index (χ0n) is 12.3. The Morgan fingerprint density at radius 3 is 2.70 bits per heavy atom. The molecule has 1 unspecified atom stereocenters. The number of amides is 4. The molecule has 2 aliphatic rings. The molecule has 3 rings (SSSR count). The maximum atomic E-state index is 12.2. The van der Waals surface area contributed by atoms with Crippen LogP contribution in [0.2, 0.25) is 5.02 Å². The van der Waals surface area contributed by atoms with E-state index in [4.69, 9.17) is 16.3 Å². The largest absolute Gasteiger partial charge is 0.439 e. The van der Waals surface area contributed by atoms with E-state index in [9.17, 15) is 14.4 Å².